The standard InChI is InChI=1S/C22H25N3O5/c1-24(2)22(28)15-30-17-9-7-16(8-10-17)23-20(26)11-12-21(27)25-13-14-29-19-6-4-3-5-18(19)25/h3-10H,11-15H2,1-2H3,(H,23,26). The number of amides is 3. The number of nitrogens with zero attached hydrogens (tertiary/aromatic N) is 2. The van der Waals surface area contributed by atoms with Gasteiger partial charge in [0.25, 0.3) is 5.91 Å². The van der Waals surface area contributed by atoms with E-state index in [1.807, 2.05) is 24.3 Å². The second-order valence-corrected chi connectivity index (χ2v) is 7.01. The van der Waals surface area contributed by atoms with Crippen LogP contribution in [0.2, 0.25) is 0 Å². The first-order chi connectivity index (χ1) is 14.4. The summed E-state index contributed by atoms with van der Waals surface area (Å²) in [6, 6.07) is 14.1. The molecule has 1 N–H and O–H groups in total. The number of para-hydroxylation sites is 2. The molecule has 2 aromatic carbocycles. The third-order valence-electron chi connectivity index (χ3n) is 4.59. The Morgan fingerprint density at radius 2 is 1.80 bits per heavy atom. The van der Waals surface area contributed by atoms with Gasteiger partial charge in [-0.05, 0) is 36.4 Å². The zero-order valence-corrected chi connectivity index (χ0v) is 17.1. The molecule has 158 valence electrons. The highest BCUT2D eigenvalue weighted by atomic mass is 16.5. The van der Waals surface area contributed by atoms with Crippen LogP contribution in [0.3, 0.4) is 0 Å². The maximum absolute atomic E-state index is 12.6. The van der Waals surface area contributed by atoms with E-state index in [-0.39, 0.29) is 37.2 Å². The van der Waals surface area contributed by atoms with Crippen LogP contribution in [0.15, 0.2) is 48.5 Å². The molecule has 0 saturated carbocycles. The summed E-state index contributed by atoms with van der Waals surface area (Å²) in [7, 11) is 3.32. The minimum atomic E-state index is -0.249. The molecule has 0 unspecified atom stereocenters. The minimum Gasteiger partial charge on any atom is -0.490 e. The Balaban J connectivity index is 1.47. The van der Waals surface area contributed by atoms with E-state index in [0.29, 0.717) is 30.3 Å². The lowest BCUT2D eigenvalue weighted by atomic mass is 10.2. The van der Waals surface area contributed by atoms with Gasteiger partial charge >= 0.3 is 0 Å². The number of hydrogen-bond acceptors (Lipinski definition) is 5. The first-order valence-corrected chi connectivity index (χ1v) is 9.69. The molecule has 30 heavy (non-hydrogen) atoms. The molecule has 8 nitrogen and oxygen atoms in total. The van der Waals surface area contributed by atoms with Crippen molar-refractivity contribution in [2.75, 3.05) is 44.1 Å². The molecule has 0 bridgehead atoms. The molecule has 0 aliphatic carbocycles. The van der Waals surface area contributed by atoms with E-state index in [1.165, 1.54) is 4.90 Å². The number of rotatable bonds is 7. The Morgan fingerprint density at radius 3 is 2.53 bits per heavy atom. The van der Waals surface area contributed by atoms with Crippen LogP contribution in [-0.4, -0.2) is 56.5 Å². The predicted octanol–water partition coefficient (Wildman–Crippen LogP) is 2.30. The van der Waals surface area contributed by atoms with E-state index in [1.54, 1.807) is 43.3 Å². The molecular weight excluding hydrogens is 386 g/mol. The highest BCUT2D eigenvalue weighted by molar-refractivity contribution is 5.99. The van der Waals surface area contributed by atoms with Crippen LogP contribution >= 0.6 is 0 Å². The highest BCUT2D eigenvalue weighted by Crippen LogP contribution is 2.31. The number of hydrogen-bond donors (Lipinski definition) is 1. The molecule has 0 saturated heterocycles. The van der Waals surface area contributed by atoms with Gasteiger partial charge in [-0.2, -0.15) is 0 Å². The zero-order chi connectivity index (χ0) is 21.5. The molecule has 0 aromatic heterocycles. The summed E-state index contributed by atoms with van der Waals surface area (Å²) < 4.78 is 11.0. The van der Waals surface area contributed by atoms with Crippen LogP contribution < -0.4 is 19.7 Å². The van der Waals surface area contributed by atoms with Gasteiger partial charge in [-0.3, -0.25) is 14.4 Å². The van der Waals surface area contributed by atoms with Gasteiger partial charge in [0.2, 0.25) is 11.8 Å². The minimum absolute atomic E-state index is 0.0501. The Bertz CT molecular complexity index is 911. The molecule has 2 aromatic rings. The van der Waals surface area contributed by atoms with E-state index in [2.05, 4.69) is 5.32 Å². The summed E-state index contributed by atoms with van der Waals surface area (Å²) in [6.45, 7) is 0.851. The van der Waals surface area contributed by atoms with Crippen molar-refractivity contribution in [1.82, 2.24) is 4.90 Å². The Kier molecular flexibility index (Phi) is 6.90. The first-order valence-electron chi connectivity index (χ1n) is 9.69. The van der Waals surface area contributed by atoms with Crippen molar-refractivity contribution in [3.8, 4) is 11.5 Å². The topological polar surface area (TPSA) is 88.2 Å². The lowest BCUT2D eigenvalue weighted by Gasteiger charge is -2.29. The highest BCUT2D eigenvalue weighted by Gasteiger charge is 2.23. The summed E-state index contributed by atoms with van der Waals surface area (Å²) in [5.74, 6) is 0.706. The summed E-state index contributed by atoms with van der Waals surface area (Å²) in [5, 5.41) is 2.76. The lowest BCUT2D eigenvalue weighted by Crippen LogP contribution is -2.38. The molecular formula is C22H25N3O5. The van der Waals surface area contributed by atoms with E-state index in [9.17, 15) is 14.4 Å². The number of fused-ring (bicyclic) bond motifs is 1. The van der Waals surface area contributed by atoms with E-state index in [4.69, 9.17) is 9.47 Å². The summed E-state index contributed by atoms with van der Waals surface area (Å²) in [6.07, 6.45) is 0.182. The Morgan fingerprint density at radius 1 is 1.07 bits per heavy atom. The van der Waals surface area contributed by atoms with Crippen molar-refractivity contribution in [2.24, 2.45) is 0 Å². The molecule has 1 aliphatic rings. The van der Waals surface area contributed by atoms with Crippen LogP contribution in [0.1, 0.15) is 12.8 Å². The number of likely N-dealkylation sites (N-methyl/N-ethyl adjacent to an activating group) is 1. The average Bonchev–Trinajstić information content (AvgIpc) is 2.76. The van der Waals surface area contributed by atoms with Gasteiger partial charge in [-0.15, -0.1) is 0 Å². The van der Waals surface area contributed by atoms with Crippen molar-refractivity contribution >= 4 is 29.1 Å². The molecule has 0 atom stereocenters. The van der Waals surface area contributed by atoms with Crippen molar-refractivity contribution in [3.63, 3.8) is 0 Å². The third-order valence-corrected chi connectivity index (χ3v) is 4.59. The number of nitrogens with one attached hydrogen (secondary N) is 1. The molecule has 3 amide bonds. The zero-order valence-electron chi connectivity index (χ0n) is 17.1. The molecule has 0 radical (unpaired) electrons. The fourth-order valence-electron chi connectivity index (χ4n) is 2.92. The van der Waals surface area contributed by atoms with Gasteiger partial charge < -0.3 is 24.6 Å². The smallest absolute Gasteiger partial charge is 0.259 e. The summed E-state index contributed by atoms with van der Waals surface area (Å²) in [4.78, 5) is 39.5. The maximum atomic E-state index is 12.6. The van der Waals surface area contributed by atoms with Gasteiger partial charge in [0, 0.05) is 32.6 Å². The number of carbonyl (C=O) groups excluding carboxylic acids is 3. The monoisotopic (exact) mass is 411 g/mol. The SMILES string of the molecule is CN(C)C(=O)COc1ccc(NC(=O)CCC(=O)N2CCOc3ccccc32)cc1. The van der Waals surface area contributed by atoms with Gasteiger partial charge in [0.05, 0.1) is 12.2 Å². The molecule has 1 aliphatic heterocycles. The van der Waals surface area contributed by atoms with Gasteiger partial charge in [-0.25, -0.2) is 0 Å². The van der Waals surface area contributed by atoms with Crippen LogP contribution in [0.5, 0.6) is 11.5 Å². The predicted molar refractivity (Wildman–Crippen MR) is 113 cm³/mol. The van der Waals surface area contributed by atoms with Crippen LogP contribution in [0.4, 0.5) is 11.4 Å². The number of ether oxygens (including phenoxy) is 2. The lowest BCUT2D eigenvalue weighted by molar-refractivity contribution is -0.130. The normalized spacial score (nSPS) is 12.4. The second-order valence-electron chi connectivity index (χ2n) is 7.01. The molecule has 0 fully saturated rings. The van der Waals surface area contributed by atoms with E-state index >= 15 is 0 Å². The molecule has 1 heterocycles. The molecule has 0 spiro atoms. The van der Waals surface area contributed by atoms with Gasteiger partial charge in [0.1, 0.15) is 18.1 Å². The van der Waals surface area contributed by atoms with Gasteiger partial charge in [0.15, 0.2) is 6.61 Å². The van der Waals surface area contributed by atoms with Crippen LogP contribution in [-0.2, 0) is 14.4 Å². The third kappa shape index (κ3) is 5.50. The van der Waals surface area contributed by atoms with Crippen LogP contribution in [0, 0.1) is 0 Å². The van der Waals surface area contributed by atoms with E-state index < -0.39 is 0 Å². The second kappa shape index (κ2) is 9.78. The molecule has 3 rings (SSSR count). The average molecular weight is 411 g/mol. The number of benzene rings is 2. The fourth-order valence-corrected chi connectivity index (χ4v) is 2.92. The van der Waals surface area contributed by atoms with Gasteiger partial charge in [-0.1, -0.05) is 12.1 Å². The first kappa shape index (κ1) is 21.2. The summed E-state index contributed by atoms with van der Waals surface area (Å²) in [5.41, 5.74) is 1.33. The Hall–Kier alpha value is -3.55. The van der Waals surface area contributed by atoms with Crippen molar-refractivity contribution in [2.45, 2.75) is 12.8 Å². The van der Waals surface area contributed by atoms with Crippen molar-refractivity contribution in [1.29, 1.82) is 0 Å². The van der Waals surface area contributed by atoms with E-state index in [0.717, 1.165) is 5.69 Å². The fraction of sp³-hybridized carbons (Fsp3) is 0.318. The largest absolute Gasteiger partial charge is 0.490 e. The number of carbonyl (C=O) groups is 3. The Labute approximate surface area is 175 Å². The van der Waals surface area contributed by atoms with Crippen molar-refractivity contribution < 1.29 is 23.9 Å². The summed E-state index contributed by atoms with van der Waals surface area (Å²) >= 11 is 0. The van der Waals surface area contributed by atoms with Crippen LogP contribution in [0.25, 0.3) is 0 Å². The number of anilines is 2. The van der Waals surface area contributed by atoms with Crippen molar-refractivity contribution in [3.05, 3.63) is 48.5 Å². The molecule has 8 heteroatoms. The maximum Gasteiger partial charge on any atom is 0.259 e. The quantitative estimate of drug-likeness (QED) is 0.755.